The van der Waals surface area contributed by atoms with Crippen molar-refractivity contribution in [1.29, 1.82) is 0 Å². The molecule has 0 bridgehead atoms. The van der Waals surface area contributed by atoms with Crippen molar-refractivity contribution in [2.24, 2.45) is 0 Å². The van der Waals surface area contributed by atoms with Gasteiger partial charge in [0.25, 0.3) is 0 Å². The van der Waals surface area contributed by atoms with Crippen molar-refractivity contribution >= 4 is 11.9 Å². The molecule has 0 saturated carbocycles. The Morgan fingerprint density at radius 3 is 1.60 bits per heavy atom. The van der Waals surface area contributed by atoms with Crippen LogP contribution >= 0.6 is 11.9 Å². The number of hydrogen-bond donors (Lipinski definition) is 0. The minimum atomic E-state index is 0.285. The summed E-state index contributed by atoms with van der Waals surface area (Å²) in [6.45, 7) is 11.2. The third-order valence-corrected chi connectivity index (χ3v) is 2.69. The number of hydrogen-bond acceptors (Lipinski definition) is 2. The van der Waals surface area contributed by atoms with Crippen LogP contribution in [-0.2, 0) is 0 Å². The Hall–Kier alpha value is 0.310. The van der Waals surface area contributed by atoms with E-state index in [0.29, 0.717) is 6.04 Å². The molecule has 0 N–H and O–H groups in total. The Bertz CT molecular complexity index is 93.9. The molecule has 0 amide bonds. The van der Waals surface area contributed by atoms with Gasteiger partial charge in [-0.3, -0.25) is 0 Å². The minimum absolute atomic E-state index is 0.285. The van der Waals surface area contributed by atoms with Gasteiger partial charge in [-0.2, -0.15) is 0 Å². The number of nitrogens with zero attached hydrogens (tertiary/aromatic N) is 1. The molecule has 0 fully saturated rings. The molecular weight excluding hydrogens is 142 g/mol. The molecule has 0 aliphatic heterocycles. The lowest BCUT2D eigenvalue weighted by Crippen LogP contribution is -2.40. The Morgan fingerprint density at radius 2 is 1.60 bits per heavy atom. The van der Waals surface area contributed by atoms with E-state index < -0.39 is 0 Å². The second-order valence-electron chi connectivity index (χ2n) is 3.77. The first kappa shape index (κ1) is 10.3. The molecule has 0 aliphatic carbocycles. The summed E-state index contributed by atoms with van der Waals surface area (Å²) >= 11 is 1.82. The highest BCUT2D eigenvalue weighted by molar-refractivity contribution is 7.96. The van der Waals surface area contributed by atoms with Gasteiger partial charge in [0.05, 0.1) is 0 Å². The minimum Gasteiger partial charge on any atom is -0.243 e. The van der Waals surface area contributed by atoms with Crippen molar-refractivity contribution in [2.75, 3.05) is 6.26 Å². The lowest BCUT2D eigenvalue weighted by Gasteiger charge is -2.36. The largest absolute Gasteiger partial charge is 0.243 e. The Kier molecular flexibility index (Phi) is 3.74. The molecule has 0 spiro atoms. The molecule has 0 aromatic heterocycles. The van der Waals surface area contributed by atoms with Gasteiger partial charge in [0, 0.05) is 11.6 Å². The fourth-order valence-electron chi connectivity index (χ4n) is 1.26. The molecule has 0 saturated heterocycles. The van der Waals surface area contributed by atoms with Gasteiger partial charge in [0.1, 0.15) is 0 Å². The number of rotatable bonds is 2. The summed E-state index contributed by atoms with van der Waals surface area (Å²) in [6.07, 6.45) is 2.13. The van der Waals surface area contributed by atoms with E-state index in [-0.39, 0.29) is 5.54 Å². The average molecular weight is 161 g/mol. The molecule has 1 nitrogen and oxygen atoms in total. The van der Waals surface area contributed by atoms with Gasteiger partial charge in [0.15, 0.2) is 0 Å². The molecule has 0 heterocycles. The molecule has 0 aliphatic rings. The maximum absolute atomic E-state index is 2.40. The highest BCUT2D eigenvalue weighted by atomic mass is 32.2. The fourth-order valence-corrected chi connectivity index (χ4v) is 2.23. The van der Waals surface area contributed by atoms with Crippen molar-refractivity contribution in [3.8, 4) is 0 Å². The second kappa shape index (κ2) is 3.63. The van der Waals surface area contributed by atoms with Crippen LogP contribution in [0.3, 0.4) is 0 Å². The first-order chi connectivity index (χ1) is 4.39. The topological polar surface area (TPSA) is 3.24 Å². The zero-order valence-corrected chi connectivity index (χ0v) is 8.75. The van der Waals surface area contributed by atoms with E-state index in [1.807, 2.05) is 11.9 Å². The monoisotopic (exact) mass is 161 g/mol. The highest BCUT2D eigenvalue weighted by Gasteiger charge is 2.22. The van der Waals surface area contributed by atoms with E-state index in [0.717, 1.165) is 0 Å². The zero-order chi connectivity index (χ0) is 8.36. The van der Waals surface area contributed by atoms with Gasteiger partial charge in [-0.25, -0.2) is 4.31 Å². The van der Waals surface area contributed by atoms with Crippen molar-refractivity contribution in [3.05, 3.63) is 0 Å². The van der Waals surface area contributed by atoms with Crippen LogP contribution in [0.2, 0.25) is 0 Å². The summed E-state index contributed by atoms with van der Waals surface area (Å²) in [7, 11) is 0. The van der Waals surface area contributed by atoms with Crippen molar-refractivity contribution < 1.29 is 0 Å². The quantitative estimate of drug-likeness (QED) is 0.573. The van der Waals surface area contributed by atoms with Crippen molar-refractivity contribution in [1.82, 2.24) is 4.31 Å². The van der Waals surface area contributed by atoms with Gasteiger partial charge >= 0.3 is 0 Å². The normalized spacial score (nSPS) is 13.2. The SMILES string of the molecule is CSN(C(C)C)C(C)(C)C. The van der Waals surface area contributed by atoms with Crippen LogP contribution in [0.5, 0.6) is 0 Å². The molecule has 0 aromatic carbocycles. The van der Waals surface area contributed by atoms with Crippen LogP contribution in [0.25, 0.3) is 0 Å². The zero-order valence-electron chi connectivity index (χ0n) is 7.93. The van der Waals surface area contributed by atoms with Gasteiger partial charge in [-0.15, -0.1) is 0 Å². The predicted molar refractivity (Wildman–Crippen MR) is 50.2 cm³/mol. The van der Waals surface area contributed by atoms with Crippen molar-refractivity contribution in [3.63, 3.8) is 0 Å². The third-order valence-electron chi connectivity index (χ3n) is 1.33. The lowest BCUT2D eigenvalue weighted by molar-refractivity contribution is 0.232. The van der Waals surface area contributed by atoms with Crippen LogP contribution in [0.4, 0.5) is 0 Å². The molecule has 0 atom stereocenters. The molecule has 2 heteroatoms. The first-order valence-electron chi connectivity index (χ1n) is 3.73. The summed E-state index contributed by atoms with van der Waals surface area (Å²) in [6, 6.07) is 0.620. The van der Waals surface area contributed by atoms with Gasteiger partial charge < -0.3 is 0 Å². The van der Waals surface area contributed by atoms with E-state index in [4.69, 9.17) is 0 Å². The third kappa shape index (κ3) is 2.93. The van der Waals surface area contributed by atoms with Gasteiger partial charge in [0.2, 0.25) is 0 Å². The second-order valence-corrected chi connectivity index (χ2v) is 4.53. The van der Waals surface area contributed by atoms with Gasteiger partial charge in [-0.05, 0) is 40.9 Å². The predicted octanol–water partition coefficient (Wildman–Crippen LogP) is 2.77. The van der Waals surface area contributed by atoms with E-state index in [1.54, 1.807) is 0 Å². The van der Waals surface area contributed by atoms with E-state index in [1.165, 1.54) is 0 Å². The Morgan fingerprint density at radius 1 is 1.20 bits per heavy atom. The summed E-state index contributed by atoms with van der Waals surface area (Å²) in [5.41, 5.74) is 0.285. The molecule has 62 valence electrons. The Balaban J connectivity index is 4.07. The van der Waals surface area contributed by atoms with Crippen LogP contribution in [-0.4, -0.2) is 22.1 Å². The molecule has 0 unspecified atom stereocenters. The fraction of sp³-hybridized carbons (Fsp3) is 1.00. The van der Waals surface area contributed by atoms with Crippen LogP contribution in [0, 0.1) is 0 Å². The van der Waals surface area contributed by atoms with E-state index in [9.17, 15) is 0 Å². The summed E-state index contributed by atoms with van der Waals surface area (Å²) in [4.78, 5) is 0. The first-order valence-corrected chi connectivity index (χ1v) is 4.91. The molecule has 10 heavy (non-hydrogen) atoms. The summed E-state index contributed by atoms with van der Waals surface area (Å²) in [5, 5.41) is 0. The van der Waals surface area contributed by atoms with Crippen LogP contribution < -0.4 is 0 Å². The molecular formula is C8H19NS. The maximum atomic E-state index is 2.40. The highest BCUT2D eigenvalue weighted by Crippen LogP contribution is 2.23. The lowest BCUT2D eigenvalue weighted by atomic mass is 10.1. The van der Waals surface area contributed by atoms with Gasteiger partial charge in [-0.1, -0.05) is 11.9 Å². The molecule has 0 radical (unpaired) electrons. The summed E-state index contributed by atoms with van der Waals surface area (Å²) in [5.74, 6) is 0. The standard InChI is InChI=1S/C8H19NS/c1-7(2)9(10-6)8(3,4)5/h7H,1-6H3. The average Bonchev–Trinajstić information content (AvgIpc) is 1.60. The smallest absolute Gasteiger partial charge is 0.0231 e. The Labute approximate surface area is 69.3 Å². The molecule has 0 aromatic rings. The van der Waals surface area contributed by atoms with Crippen LogP contribution in [0.1, 0.15) is 34.6 Å². The van der Waals surface area contributed by atoms with Crippen molar-refractivity contribution in [2.45, 2.75) is 46.2 Å². The van der Waals surface area contributed by atoms with E-state index >= 15 is 0 Å². The molecule has 0 rings (SSSR count). The van der Waals surface area contributed by atoms with Crippen LogP contribution in [0.15, 0.2) is 0 Å². The van der Waals surface area contributed by atoms with E-state index in [2.05, 4.69) is 45.2 Å². The summed E-state index contributed by atoms with van der Waals surface area (Å²) < 4.78 is 2.40. The maximum Gasteiger partial charge on any atom is 0.0231 e.